The van der Waals surface area contributed by atoms with Crippen molar-refractivity contribution in [2.45, 2.75) is 32.1 Å². The highest BCUT2D eigenvalue weighted by Gasteiger charge is 2.27. The summed E-state index contributed by atoms with van der Waals surface area (Å²) in [5.74, 6) is 1.77. The Morgan fingerprint density at radius 3 is 2.55 bits per heavy atom. The highest BCUT2D eigenvalue weighted by molar-refractivity contribution is 5.92. The van der Waals surface area contributed by atoms with Gasteiger partial charge in [0.05, 0.1) is 0 Å². The molecule has 11 heavy (non-hydrogen) atoms. The van der Waals surface area contributed by atoms with Gasteiger partial charge in [0.15, 0.2) is 5.78 Å². The fourth-order valence-corrected chi connectivity index (χ4v) is 2.31. The zero-order valence-electron chi connectivity index (χ0n) is 6.75. The van der Waals surface area contributed by atoms with Gasteiger partial charge in [0.1, 0.15) is 0 Å². The molecule has 1 unspecified atom stereocenters. The van der Waals surface area contributed by atoms with E-state index in [2.05, 4.69) is 6.08 Å². The fraction of sp³-hybridized carbons (Fsp3) is 0.700. The van der Waals surface area contributed by atoms with Gasteiger partial charge in [-0.15, -0.1) is 0 Å². The van der Waals surface area contributed by atoms with Crippen LogP contribution < -0.4 is 0 Å². The second kappa shape index (κ2) is 2.80. The lowest BCUT2D eigenvalue weighted by Crippen LogP contribution is -2.07. The smallest absolute Gasteiger partial charge is 0.155 e. The van der Waals surface area contributed by atoms with Gasteiger partial charge in [0, 0.05) is 6.42 Å². The van der Waals surface area contributed by atoms with Crippen LogP contribution in [0.5, 0.6) is 0 Å². The van der Waals surface area contributed by atoms with Crippen molar-refractivity contribution in [1.29, 1.82) is 0 Å². The molecule has 1 atom stereocenters. The standard InChI is InChI=1S/C10H14O/c11-10-6-5-9(7-10)8-3-1-2-4-8/h5-6,8-9H,1-4,7H2. The number of hydrogen-bond donors (Lipinski definition) is 0. The second-order valence-corrected chi connectivity index (χ2v) is 3.74. The minimum Gasteiger partial charge on any atom is -0.295 e. The number of allylic oxidation sites excluding steroid dienone is 2. The first-order valence-electron chi connectivity index (χ1n) is 4.57. The van der Waals surface area contributed by atoms with Crippen LogP contribution in [0.15, 0.2) is 12.2 Å². The van der Waals surface area contributed by atoms with E-state index in [1.54, 1.807) is 6.08 Å². The Hall–Kier alpha value is -0.590. The van der Waals surface area contributed by atoms with E-state index in [0.29, 0.717) is 11.7 Å². The molecular weight excluding hydrogens is 136 g/mol. The summed E-state index contributed by atoms with van der Waals surface area (Å²) in [6.07, 6.45) is 10.1. The summed E-state index contributed by atoms with van der Waals surface area (Å²) in [5, 5.41) is 0. The van der Waals surface area contributed by atoms with Crippen LogP contribution in [-0.2, 0) is 4.79 Å². The summed E-state index contributed by atoms with van der Waals surface area (Å²) in [6, 6.07) is 0. The van der Waals surface area contributed by atoms with Crippen LogP contribution in [-0.4, -0.2) is 5.78 Å². The maximum absolute atomic E-state index is 10.9. The van der Waals surface area contributed by atoms with Crippen LogP contribution in [0.3, 0.4) is 0 Å². The number of carbonyl (C=O) groups excluding carboxylic acids is 1. The van der Waals surface area contributed by atoms with Crippen LogP contribution in [0.4, 0.5) is 0 Å². The van der Waals surface area contributed by atoms with Gasteiger partial charge >= 0.3 is 0 Å². The lowest BCUT2D eigenvalue weighted by atomic mass is 9.90. The average Bonchev–Trinajstić information content (AvgIpc) is 2.55. The van der Waals surface area contributed by atoms with Crippen molar-refractivity contribution in [2.24, 2.45) is 11.8 Å². The van der Waals surface area contributed by atoms with E-state index in [-0.39, 0.29) is 0 Å². The Morgan fingerprint density at radius 2 is 2.00 bits per heavy atom. The average molecular weight is 150 g/mol. The minimum atomic E-state index is 0.335. The normalized spacial score (nSPS) is 32.0. The molecule has 0 aliphatic heterocycles. The van der Waals surface area contributed by atoms with Crippen molar-refractivity contribution in [2.75, 3.05) is 0 Å². The van der Waals surface area contributed by atoms with E-state index in [1.165, 1.54) is 25.7 Å². The molecule has 60 valence electrons. The van der Waals surface area contributed by atoms with Gasteiger partial charge in [-0.2, -0.15) is 0 Å². The van der Waals surface area contributed by atoms with Gasteiger partial charge in [0.25, 0.3) is 0 Å². The SMILES string of the molecule is O=C1C=CC(C2CCCC2)C1. The van der Waals surface area contributed by atoms with E-state index >= 15 is 0 Å². The second-order valence-electron chi connectivity index (χ2n) is 3.74. The maximum Gasteiger partial charge on any atom is 0.155 e. The van der Waals surface area contributed by atoms with Gasteiger partial charge in [-0.1, -0.05) is 18.9 Å². The highest BCUT2D eigenvalue weighted by Crippen LogP contribution is 2.35. The summed E-state index contributed by atoms with van der Waals surface area (Å²) < 4.78 is 0. The van der Waals surface area contributed by atoms with Crippen LogP contribution in [0.25, 0.3) is 0 Å². The van der Waals surface area contributed by atoms with Crippen LogP contribution in [0, 0.1) is 11.8 Å². The molecule has 2 aliphatic carbocycles. The Bertz CT molecular complexity index is 187. The van der Waals surface area contributed by atoms with E-state index in [1.807, 2.05) is 0 Å². The number of hydrogen-bond acceptors (Lipinski definition) is 1. The molecule has 0 aromatic heterocycles. The summed E-state index contributed by atoms with van der Waals surface area (Å²) in [6.45, 7) is 0. The molecule has 0 aromatic rings. The first-order chi connectivity index (χ1) is 5.36. The highest BCUT2D eigenvalue weighted by atomic mass is 16.1. The molecule has 0 heterocycles. The van der Waals surface area contributed by atoms with Crippen molar-refractivity contribution < 1.29 is 4.79 Å². The molecule has 1 nitrogen and oxygen atoms in total. The van der Waals surface area contributed by atoms with Crippen molar-refractivity contribution in [3.8, 4) is 0 Å². The lowest BCUT2D eigenvalue weighted by molar-refractivity contribution is -0.114. The number of carbonyl (C=O) groups is 1. The molecule has 0 amide bonds. The third-order valence-electron chi connectivity index (χ3n) is 2.97. The third kappa shape index (κ3) is 1.37. The van der Waals surface area contributed by atoms with Crippen LogP contribution >= 0.6 is 0 Å². The van der Waals surface area contributed by atoms with E-state index < -0.39 is 0 Å². The summed E-state index contributed by atoms with van der Waals surface area (Å²) in [7, 11) is 0. The minimum absolute atomic E-state index is 0.335. The van der Waals surface area contributed by atoms with Crippen molar-refractivity contribution in [3.63, 3.8) is 0 Å². The zero-order valence-corrected chi connectivity index (χ0v) is 6.75. The van der Waals surface area contributed by atoms with Crippen molar-refractivity contribution in [3.05, 3.63) is 12.2 Å². The molecule has 0 aromatic carbocycles. The molecule has 1 saturated carbocycles. The Balaban J connectivity index is 1.96. The predicted octanol–water partition coefficient (Wildman–Crippen LogP) is 2.32. The molecule has 1 heteroatoms. The monoisotopic (exact) mass is 150 g/mol. The predicted molar refractivity (Wildman–Crippen MR) is 44.2 cm³/mol. The van der Waals surface area contributed by atoms with Crippen molar-refractivity contribution >= 4 is 5.78 Å². The molecule has 2 rings (SSSR count). The Labute approximate surface area is 67.5 Å². The molecular formula is C10H14O. The van der Waals surface area contributed by atoms with Gasteiger partial charge in [0.2, 0.25) is 0 Å². The Morgan fingerprint density at radius 1 is 1.27 bits per heavy atom. The van der Waals surface area contributed by atoms with Gasteiger partial charge in [-0.25, -0.2) is 0 Å². The molecule has 0 spiro atoms. The van der Waals surface area contributed by atoms with Gasteiger partial charge in [-0.05, 0) is 30.8 Å². The van der Waals surface area contributed by atoms with E-state index in [4.69, 9.17) is 0 Å². The first-order valence-corrected chi connectivity index (χ1v) is 4.57. The summed E-state index contributed by atoms with van der Waals surface area (Å²) >= 11 is 0. The maximum atomic E-state index is 10.9. The summed E-state index contributed by atoms with van der Waals surface area (Å²) in [4.78, 5) is 10.9. The number of rotatable bonds is 1. The molecule has 2 aliphatic rings. The molecule has 0 saturated heterocycles. The fourth-order valence-electron chi connectivity index (χ4n) is 2.31. The van der Waals surface area contributed by atoms with Gasteiger partial charge < -0.3 is 0 Å². The Kier molecular flexibility index (Phi) is 1.80. The molecule has 0 bridgehead atoms. The van der Waals surface area contributed by atoms with Crippen molar-refractivity contribution in [1.82, 2.24) is 0 Å². The zero-order chi connectivity index (χ0) is 7.68. The topological polar surface area (TPSA) is 17.1 Å². The van der Waals surface area contributed by atoms with Crippen LogP contribution in [0.1, 0.15) is 32.1 Å². The molecule has 0 N–H and O–H groups in total. The first kappa shape index (κ1) is 7.08. The third-order valence-corrected chi connectivity index (χ3v) is 2.97. The molecule has 0 radical (unpaired) electrons. The number of ketones is 1. The quantitative estimate of drug-likeness (QED) is 0.560. The van der Waals surface area contributed by atoms with Gasteiger partial charge in [-0.3, -0.25) is 4.79 Å². The van der Waals surface area contributed by atoms with E-state index in [0.717, 1.165) is 12.3 Å². The molecule has 1 fully saturated rings. The van der Waals surface area contributed by atoms with E-state index in [9.17, 15) is 4.79 Å². The summed E-state index contributed by atoms with van der Waals surface area (Å²) in [5.41, 5.74) is 0. The van der Waals surface area contributed by atoms with Crippen LogP contribution in [0.2, 0.25) is 0 Å². The lowest BCUT2D eigenvalue weighted by Gasteiger charge is -2.14. The largest absolute Gasteiger partial charge is 0.295 e.